The van der Waals surface area contributed by atoms with E-state index in [4.69, 9.17) is 10.5 Å². The van der Waals surface area contributed by atoms with E-state index in [0.29, 0.717) is 18.0 Å². The summed E-state index contributed by atoms with van der Waals surface area (Å²) in [7, 11) is 1.65. The van der Waals surface area contributed by atoms with E-state index in [0.717, 1.165) is 11.4 Å². The van der Waals surface area contributed by atoms with Gasteiger partial charge in [-0.3, -0.25) is 4.79 Å². The van der Waals surface area contributed by atoms with E-state index in [1.54, 1.807) is 43.1 Å². The maximum atomic E-state index is 11.5. The molecule has 1 aromatic carbocycles. The van der Waals surface area contributed by atoms with E-state index in [1.165, 1.54) is 0 Å². The van der Waals surface area contributed by atoms with Crippen LogP contribution in [-0.4, -0.2) is 31.1 Å². The summed E-state index contributed by atoms with van der Waals surface area (Å²) in [4.78, 5) is 11.5. The van der Waals surface area contributed by atoms with Crippen molar-refractivity contribution < 1.29 is 9.53 Å². The van der Waals surface area contributed by atoms with Crippen LogP contribution in [0.2, 0.25) is 0 Å². The summed E-state index contributed by atoms with van der Waals surface area (Å²) in [5.41, 5.74) is 7.00. The number of nitrogens with one attached hydrogen (secondary N) is 1. The van der Waals surface area contributed by atoms with Crippen molar-refractivity contribution >= 4 is 29.0 Å². The normalized spacial score (nSPS) is 10.1. The lowest BCUT2D eigenvalue weighted by Crippen LogP contribution is -2.14. The summed E-state index contributed by atoms with van der Waals surface area (Å²) in [5.74, 6) is 1.25. The fourth-order valence-electron chi connectivity index (χ4n) is 1.07. The molecule has 0 spiro atoms. The summed E-state index contributed by atoms with van der Waals surface area (Å²) in [6, 6.07) is 7.08. The monoisotopic (exact) mass is 240 g/mol. The van der Waals surface area contributed by atoms with Crippen LogP contribution in [0.1, 0.15) is 0 Å². The zero-order valence-corrected chi connectivity index (χ0v) is 10.0. The van der Waals surface area contributed by atoms with Gasteiger partial charge >= 0.3 is 0 Å². The van der Waals surface area contributed by atoms with Crippen molar-refractivity contribution in [3.05, 3.63) is 24.3 Å². The van der Waals surface area contributed by atoms with Crippen molar-refractivity contribution in [3.8, 4) is 0 Å². The molecule has 0 aromatic heterocycles. The molecule has 0 saturated heterocycles. The second kappa shape index (κ2) is 7.14. The Morgan fingerprint density at radius 3 is 2.75 bits per heavy atom. The van der Waals surface area contributed by atoms with Gasteiger partial charge in [-0.05, 0) is 24.3 Å². The smallest absolute Gasteiger partial charge is 0.234 e. The van der Waals surface area contributed by atoms with Gasteiger partial charge in [-0.1, -0.05) is 0 Å². The van der Waals surface area contributed by atoms with Gasteiger partial charge in [-0.15, -0.1) is 11.8 Å². The highest BCUT2D eigenvalue weighted by Crippen LogP contribution is 2.11. The summed E-state index contributed by atoms with van der Waals surface area (Å²) >= 11 is 1.55. The number of hydrogen-bond acceptors (Lipinski definition) is 4. The number of carbonyl (C=O) groups is 1. The number of amides is 1. The molecule has 0 heterocycles. The highest BCUT2D eigenvalue weighted by Gasteiger charge is 2.01. The Morgan fingerprint density at radius 2 is 2.12 bits per heavy atom. The van der Waals surface area contributed by atoms with E-state index in [1.807, 2.05) is 0 Å². The average Bonchev–Trinajstić information content (AvgIpc) is 2.28. The Hall–Kier alpha value is -1.20. The SMILES string of the molecule is COCCSCC(=O)Nc1ccc(N)cc1. The Morgan fingerprint density at radius 1 is 1.44 bits per heavy atom. The van der Waals surface area contributed by atoms with Crippen LogP contribution in [-0.2, 0) is 9.53 Å². The van der Waals surface area contributed by atoms with Crippen molar-refractivity contribution in [2.24, 2.45) is 0 Å². The first-order valence-corrected chi connectivity index (χ1v) is 6.10. The Bertz CT molecular complexity index is 327. The molecular weight excluding hydrogens is 224 g/mol. The number of rotatable bonds is 6. The summed E-state index contributed by atoms with van der Waals surface area (Å²) < 4.78 is 4.89. The lowest BCUT2D eigenvalue weighted by molar-refractivity contribution is -0.113. The van der Waals surface area contributed by atoms with Crippen LogP contribution in [0.25, 0.3) is 0 Å². The van der Waals surface area contributed by atoms with E-state index in [-0.39, 0.29) is 5.91 Å². The first-order chi connectivity index (χ1) is 7.72. The third-order valence-electron chi connectivity index (χ3n) is 1.86. The number of hydrogen-bond donors (Lipinski definition) is 2. The number of anilines is 2. The molecule has 0 atom stereocenters. The molecule has 0 aliphatic heterocycles. The van der Waals surface area contributed by atoms with Crippen LogP contribution in [0.5, 0.6) is 0 Å². The molecule has 5 heteroatoms. The minimum absolute atomic E-state index is 0.00845. The van der Waals surface area contributed by atoms with E-state index < -0.39 is 0 Å². The van der Waals surface area contributed by atoms with Gasteiger partial charge in [0.15, 0.2) is 0 Å². The van der Waals surface area contributed by atoms with Crippen LogP contribution in [0.4, 0.5) is 11.4 Å². The quantitative estimate of drug-likeness (QED) is 0.585. The molecule has 1 aromatic rings. The molecule has 1 amide bonds. The van der Waals surface area contributed by atoms with Gasteiger partial charge in [-0.25, -0.2) is 0 Å². The summed E-state index contributed by atoms with van der Waals surface area (Å²) in [6.45, 7) is 0.666. The van der Waals surface area contributed by atoms with Crippen molar-refractivity contribution in [2.75, 3.05) is 36.3 Å². The van der Waals surface area contributed by atoms with Gasteiger partial charge in [0, 0.05) is 24.2 Å². The first kappa shape index (κ1) is 12.9. The van der Waals surface area contributed by atoms with Crippen molar-refractivity contribution in [2.45, 2.75) is 0 Å². The molecule has 16 heavy (non-hydrogen) atoms. The number of benzene rings is 1. The summed E-state index contributed by atoms with van der Waals surface area (Å²) in [5, 5.41) is 2.79. The third-order valence-corrected chi connectivity index (χ3v) is 2.78. The zero-order valence-electron chi connectivity index (χ0n) is 9.23. The van der Waals surface area contributed by atoms with Crippen LogP contribution < -0.4 is 11.1 Å². The highest BCUT2D eigenvalue weighted by atomic mass is 32.2. The number of thioether (sulfide) groups is 1. The average molecular weight is 240 g/mol. The second-order valence-electron chi connectivity index (χ2n) is 3.22. The van der Waals surface area contributed by atoms with E-state index in [9.17, 15) is 4.79 Å². The molecule has 0 fully saturated rings. The van der Waals surface area contributed by atoms with Crippen LogP contribution in [0.15, 0.2) is 24.3 Å². The lowest BCUT2D eigenvalue weighted by atomic mass is 10.3. The zero-order chi connectivity index (χ0) is 11.8. The van der Waals surface area contributed by atoms with E-state index in [2.05, 4.69) is 5.32 Å². The van der Waals surface area contributed by atoms with Gasteiger partial charge < -0.3 is 15.8 Å². The first-order valence-electron chi connectivity index (χ1n) is 4.94. The molecule has 0 aliphatic rings. The topological polar surface area (TPSA) is 64.3 Å². The molecule has 3 N–H and O–H groups in total. The van der Waals surface area contributed by atoms with Crippen molar-refractivity contribution in [1.29, 1.82) is 0 Å². The van der Waals surface area contributed by atoms with Crippen molar-refractivity contribution in [3.63, 3.8) is 0 Å². The maximum Gasteiger partial charge on any atom is 0.234 e. The number of nitrogen functional groups attached to an aromatic ring is 1. The molecule has 4 nitrogen and oxygen atoms in total. The highest BCUT2D eigenvalue weighted by molar-refractivity contribution is 7.99. The van der Waals surface area contributed by atoms with Gasteiger partial charge in [0.1, 0.15) is 0 Å². The lowest BCUT2D eigenvalue weighted by Gasteiger charge is -2.05. The standard InChI is InChI=1S/C11H16N2O2S/c1-15-6-7-16-8-11(14)13-10-4-2-9(12)3-5-10/h2-5H,6-8,12H2,1H3,(H,13,14). The second-order valence-corrected chi connectivity index (χ2v) is 4.32. The van der Waals surface area contributed by atoms with Gasteiger partial charge in [0.05, 0.1) is 12.4 Å². The Kier molecular flexibility index (Phi) is 5.74. The number of carbonyl (C=O) groups excluding carboxylic acids is 1. The predicted octanol–water partition coefficient (Wildman–Crippen LogP) is 1.59. The molecule has 0 bridgehead atoms. The van der Waals surface area contributed by atoms with Crippen LogP contribution >= 0.6 is 11.8 Å². The fourth-order valence-corrected chi connectivity index (χ4v) is 1.76. The largest absolute Gasteiger partial charge is 0.399 e. The van der Waals surface area contributed by atoms with Crippen LogP contribution in [0, 0.1) is 0 Å². The van der Waals surface area contributed by atoms with Crippen LogP contribution in [0.3, 0.4) is 0 Å². The molecule has 0 aliphatic carbocycles. The van der Waals surface area contributed by atoms with Gasteiger partial charge in [0.2, 0.25) is 5.91 Å². The van der Waals surface area contributed by atoms with Gasteiger partial charge in [0.25, 0.3) is 0 Å². The number of methoxy groups -OCH3 is 1. The maximum absolute atomic E-state index is 11.5. The number of nitrogens with two attached hydrogens (primary N) is 1. The third kappa shape index (κ3) is 5.04. The molecule has 0 unspecified atom stereocenters. The predicted molar refractivity (Wildman–Crippen MR) is 68.7 cm³/mol. The molecule has 1 rings (SSSR count). The summed E-state index contributed by atoms with van der Waals surface area (Å²) in [6.07, 6.45) is 0. The molecule has 0 saturated carbocycles. The van der Waals surface area contributed by atoms with Crippen molar-refractivity contribution in [1.82, 2.24) is 0 Å². The van der Waals surface area contributed by atoms with Gasteiger partial charge in [-0.2, -0.15) is 0 Å². The molecule has 0 radical (unpaired) electrons. The fraction of sp³-hybridized carbons (Fsp3) is 0.364. The van der Waals surface area contributed by atoms with E-state index >= 15 is 0 Å². The molecular formula is C11H16N2O2S. The number of ether oxygens (including phenoxy) is 1. The Balaban J connectivity index is 2.26. The molecule has 88 valence electrons. The minimum Gasteiger partial charge on any atom is -0.399 e. The minimum atomic E-state index is -0.00845. The Labute approximate surface area is 99.5 Å².